The van der Waals surface area contributed by atoms with Gasteiger partial charge in [0.1, 0.15) is 5.71 Å². The third-order valence-corrected chi connectivity index (χ3v) is 2.23. The first-order valence-corrected chi connectivity index (χ1v) is 4.52. The first kappa shape index (κ1) is 9.58. The molecule has 0 aliphatic rings. The number of hydrogen-bond acceptors (Lipinski definition) is 4. The van der Waals surface area contributed by atoms with Crippen molar-refractivity contribution in [1.82, 2.24) is 0 Å². The molecule has 0 bridgehead atoms. The number of oxime groups is 1. The quantitative estimate of drug-likeness (QED) is 0.466. The molecule has 15 heavy (non-hydrogen) atoms. The molecule has 0 aliphatic carbocycles. The highest BCUT2D eigenvalue weighted by molar-refractivity contribution is 6.00. The minimum absolute atomic E-state index is 0.438. The van der Waals surface area contributed by atoms with E-state index in [0.29, 0.717) is 22.8 Å². The molecule has 0 radical (unpaired) electrons. The summed E-state index contributed by atoms with van der Waals surface area (Å²) in [5.74, 6) is 1.21. The Morgan fingerprint density at radius 3 is 2.93 bits per heavy atom. The number of para-hydroxylation sites is 1. The van der Waals surface area contributed by atoms with E-state index in [0.717, 1.165) is 5.39 Å². The van der Waals surface area contributed by atoms with Gasteiger partial charge in [-0.25, -0.2) is 0 Å². The summed E-state index contributed by atoms with van der Waals surface area (Å²) in [6.45, 7) is 1.67. The molecule has 2 aromatic rings. The Morgan fingerprint density at radius 2 is 2.27 bits per heavy atom. The van der Waals surface area contributed by atoms with E-state index in [9.17, 15) is 0 Å². The number of ether oxygens (including phenoxy) is 1. The van der Waals surface area contributed by atoms with Crippen LogP contribution < -0.4 is 4.74 Å². The molecule has 0 aliphatic heterocycles. The first-order valence-electron chi connectivity index (χ1n) is 4.52. The van der Waals surface area contributed by atoms with E-state index in [2.05, 4.69) is 5.16 Å². The summed E-state index contributed by atoms with van der Waals surface area (Å²) in [5.41, 5.74) is 1.10. The molecule has 1 aromatic heterocycles. The highest BCUT2D eigenvalue weighted by Crippen LogP contribution is 2.28. The van der Waals surface area contributed by atoms with Crippen molar-refractivity contribution in [3.05, 3.63) is 30.0 Å². The van der Waals surface area contributed by atoms with E-state index < -0.39 is 0 Å². The summed E-state index contributed by atoms with van der Waals surface area (Å²) in [4.78, 5) is 0. The lowest BCUT2D eigenvalue weighted by Gasteiger charge is -1.98. The van der Waals surface area contributed by atoms with Gasteiger partial charge < -0.3 is 14.4 Å². The molecule has 1 aromatic carbocycles. The van der Waals surface area contributed by atoms with Crippen LogP contribution >= 0.6 is 0 Å². The molecule has 0 spiro atoms. The molecule has 0 atom stereocenters. The normalized spacial score (nSPS) is 12.0. The van der Waals surface area contributed by atoms with Crippen molar-refractivity contribution in [3.8, 4) is 5.75 Å². The topological polar surface area (TPSA) is 55.0 Å². The van der Waals surface area contributed by atoms with Gasteiger partial charge in [0, 0.05) is 5.39 Å². The Kier molecular flexibility index (Phi) is 2.33. The van der Waals surface area contributed by atoms with Crippen molar-refractivity contribution in [2.45, 2.75) is 6.92 Å². The zero-order valence-corrected chi connectivity index (χ0v) is 8.52. The molecular weight excluding hydrogens is 194 g/mol. The van der Waals surface area contributed by atoms with E-state index in [1.165, 1.54) is 0 Å². The van der Waals surface area contributed by atoms with Crippen LogP contribution in [0.25, 0.3) is 11.0 Å². The summed E-state index contributed by atoms with van der Waals surface area (Å²) in [6, 6.07) is 7.43. The summed E-state index contributed by atoms with van der Waals surface area (Å²) in [5, 5.41) is 12.7. The maximum absolute atomic E-state index is 8.64. The number of fused-ring (bicyclic) bond motifs is 1. The molecule has 1 heterocycles. The van der Waals surface area contributed by atoms with Gasteiger partial charge in [-0.3, -0.25) is 0 Å². The summed E-state index contributed by atoms with van der Waals surface area (Å²) in [7, 11) is 1.59. The first-order chi connectivity index (χ1) is 7.26. The van der Waals surface area contributed by atoms with E-state index >= 15 is 0 Å². The van der Waals surface area contributed by atoms with Crippen LogP contribution in [0.3, 0.4) is 0 Å². The van der Waals surface area contributed by atoms with Gasteiger partial charge >= 0.3 is 0 Å². The van der Waals surface area contributed by atoms with E-state index in [1.807, 2.05) is 24.3 Å². The summed E-state index contributed by atoms with van der Waals surface area (Å²) in [6.07, 6.45) is 0. The van der Waals surface area contributed by atoms with Crippen molar-refractivity contribution < 1.29 is 14.4 Å². The average Bonchev–Trinajstić information content (AvgIpc) is 2.71. The zero-order chi connectivity index (χ0) is 10.8. The SMILES string of the molecule is COc1cccc2cc(C(C)=NO)oc12. The molecule has 2 rings (SSSR count). The van der Waals surface area contributed by atoms with Gasteiger partial charge in [0.25, 0.3) is 0 Å². The molecule has 4 heteroatoms. The van der Waals surface area contributed by atoms with Crippen molar-refractivity contribution in [2.24, 2.45) is 5.16 Å². The van der Waals surface area contributed by atoms with Crippen LogP contribution in [0.1, 0.15) is 12.7 Å². The molecule has 78 valence electrons. The number of benzene rings is 1. The molecular formula is C11H11NO3. The predicted octanol–water partition coefficient (Wildman–Crippen LogP) is 2.64. The second kappa shape index (κ2) is 3.65. The second-order valence-corrected chi connectivity index (χ2v) is 3.17. The molecule has 0 saturated carbocycles. The van der Waals surface area contributed by atoms with E-state index in [-0.39, 0.29) is 0 Å². The summed E-state index contributed by atoms with van der Waals surface area (Å²) >= 11 is 0. The van der Waals surface area contributed by atoms with Crippen LogP contribution in [0, 0.1) is 0 Å². The largest absolute Gasteiger partial charge is 0.493 e. The fourth-order valence-electron chi connectivity index (χ4n) is 1.42. The van der Waals surface area contributed by atoms with E-state index in [4.69, 9.17) is 14.4 Å². The molecule has 0 amide bonds. The number of methoxy groups -OCH3 is 1. The van der Waals surface area contributed by atoms with Gasteiger partial charge in [-0.15, -0.1) is 0 Å². The smallest absolute Gasteiger partial charge is 0.176 e. The maximum Gasteiger partial charge on any atom is 0.176 e. The van der Waals surface area contributed by atoms with Crippen LogP contribution in [0.5, 0.6) is 5.75 Å². The highest BCUT2D eigenvalue weighted by atomic mass is 16.5. The summed E-state index contributed by atoms with van der Waals surface area (Å²) < 4.78 is 10.7. The minimum atomic E-state index is 0.438. The zero-order valence-electron chi connectivity index (χ0n) is 8.52. The lowest BCUT2D eigenvalue weighted by atomic mass is 10.2. The fourth-order valence-corrected chi connectivity index (χ4v) is 1.42. The van der Waals surface area contributed by atoms with Crippen molar-refractivity contribution >= 4 is 16.7 Å². The predicted molar refractivity (Wildman–Crippen MR) is 56.8 cm³/mol. The third-order valence-electron chi connectivity index (χ3n) is 2.23. The average molecular weight is 205 g/mol. The minimum Gasteiger partial charge on any atom is -0.493 e. The lowest BCUT2D eigenvalue weighted by molar-refractivity contribution is 0.318. The fraction of sp³-hybridized carbons (Fsp3) is 0.182. The Labute approximate surface area is 86.8 Å². The molecule has 0 fully saturated rings. The van der Waals surface area contributed by atoms with Gasteiger partial charge in [0.05, 0.1) is 7.11 Å². The number of furan rings is 1. The second-order valence-electron chi connectivity index (χ2n) is 3.17. The number of nitrogens with zero attached hydrogens (tertiary/aromatic N) is 1. The van der Waals surface area contributed by atoms with Crippen molar-refractivity contribution in [1.29, 1.82) is 0 Å². The van der Waals surface area contributed by atoms with Crippen LogP contribution in [0.4, 0.5) is 0 Å². The molecule has 0 unspecified atom stereocenters. The lowest BCUT2D eigenvalue weighted by Crippen LogP contribution is -1.89. The van der Waals surface area contributed by atoms with E-state index in [1.54, 1.807) is 14.0 Å². The Balaban J connectivity index is 2.65. The monoisotopic (exact) mass is 205 g/mol. The maximum atomic E-state index is 8.64. The van der Waals surface area contributed by atoms with Crippen LogP contribution in [-0.2, 0) is 0 Å². The van der Waals surface area contributed by atoms with Gasteiger partial charge in [0.2, 0.25) is 0 Å². The molecule has 4 nitrogen and oxygen atoms in total. The standard InChI is InChI=1S/C11H11NO3/c1-7(12-13)10-6-8-4-3-5-9(14-2)11(8)15-10/h3-6,13H,1-2H3. The third kappa shape index (κ3) is 1.54. The van der Waals surface area contributed by atoms with Gasteiger partial charge in [0.15, 0.2) is 17.1 Å². The Morgan fingerprint density at radius 1 is 1.47 bits per heavy atom. The van der Waals surface area contributed by atoms with Gasteiger partial charge in [-0.1, -0.05) is 17.3 Å². The van der Waals surface area contributed by atoms with Crippen LogP contribution in [0.15, 0.2) is 33.8 Å². The van der Waals surface area contributed by atoms with Crippen molar-refractivity contribution in [3.63, 3.8) is 0 Å². The molecule has 0 saturated heterocycles. The van der Waals surface area contributed by atoms with Crippen LogP contribution in [-0.4, -0.2) is 18.0 Å². The van der Waals surface area contributed by atoms with Gasteiger partial charge in [-0.05, 0) is 19.1 Å². The number of hydrogen-bond donors (Lipinski definition) is 1. The Bertz CT molecular complexity index is 514. The van der Waals surface area contributed by atoms with Crippen molar-refractivity contribution in [2.75, 3.05) is 7.11 Å². The van der Waals surface area contributed by atoms with Crippen LogP contribution in [0.2, 0.25) is 0 Å². The molecule has 1 N–H and O–H groups in total. The van der Waals surface area contributed by atoms with Gasteiger partial charge in [-0.2, -0.15) is 0 Å². The Hall–Kier alpha value is -1.97. The number of rotatable bonds is 2. The highest BCUT2D eigenvalue weighted by Gasteiger charge is 2.10.